The maximum atomic E-state index is 13.6. The predicted octanol–water partition coefficient (Wildman–Crippen LogP) is 3.51. The standard InChI is InChI=1S/C26H23N7O2S/c34-36(35,23-5-1-3-17-4-2-11-27-24(17)23)33-12-10-18-14-29-26(31-25(18)33)30-19-6-8-21(9-7-19)32-16-20-13-22(32)15-28-20/h1-12,14,20,22,28H,13,15-16H2,(H,29,30,31). The number of anilines is 3. The molecule has 2 unspecified atom stereocenters. The van der Waals surface area contributed by atoms with Crippen LogP contribution in [0.15, 0.2) is 84.1 Å². The summed E-state index contributed by atoms with van der Waals surface area (Å²) in [4.78, 5) is 15.8. The molecule has 36 heavy (non-hydrogen) atoms. The molecule has 2 atom stereocenters. The second-order valence-electron chi connectivity index (χ2n) is 9.24. The van der Waals surface area contributed by atoms with Crippen molar-refractivity contribution in [2.45, 2.75) is 23.4 Å². The smallest absolute Gasteiger partial charge is 0.271 e. The summed E-state index contributed by atoms with van der Waals surface area (Å²) in [7, 11) is -3.93. The third-order valence-corrected chi connectivity index (χ3v) is 8.74. The van der Waals surface area contributed by atoms with E-state index in [2.05, 4.69) is 42.6 Å². The SMILES string of the molecule is O=S(=O)(c1cccc2cccnc12)n1ccc2cnc(Nc3ccc(N4CC5CC4CN5)cc3)nc21. The van der Waals surface area contributed by atoms with E-state index in [1.807, 2.05) is 24.3 Å². The average Bonchev–Trinajstić information content (AvgIpc) is 3.65. The number of hydrogen-bond donors (Lipinski definition) is 2. The maximum absolute atomic E-state index is 13.6. The van der Waals surface area contributed by atoms with Crippen LogP contribution in [0, 0.1) is 0 Å². The van der Waals surface area contributed by atoms with Crippen LogP contribution in [-0.2, 0) is 10.0 Å². The fraction of sp³-hybridized carbons (Fsp3) is 0.192. The first-order chi connectivity index (χ1) is 17.6. The topological polar surface area (TPSA) is 105 Å². The van der Waals surface area contributed by atoms with E-state index in [0.29, 0.717) is 34.6 Å². The van der Waals surface area contributed by atoms with Gasteiger partial charge in [-0.25, -0.2) is 17.4 Å². The van der Waals surface area contributed by atoms with Crippen molar-refractivity contribution in [1.82, 2.24) is 24.2 Å². The van der Waals surface area contributed by atoms with Gasteiger partial charge >= 0.3 is 0 Å². The average molecular weight is 498 g/mol. The zero-order chi connectivity index (χ0) is 24.3. The molecule has 0 radical (unpaired) electrons. The molecule has 7 rings (SSSR count). The van der Waals surface area contributed by atoms with E-state index in [0.717, 1.165) is 24.2 Å². The lowest BCUT2D eigenvalue weighted by Crippen LogP contribution is -2.43. The number of para-hydroxylation sites is 1. The van der Waals surface area contributed by atoms with Crippen LogP contribution in [0.25, 0.3) is 21.9 Å². The summed E-state index contributed by atoms with van der Waals surface area (Å²) in [6.45, 7) is 2.07. The van der Waals surface area contributed by atoms with Gasteiger partial charge in [0, 0.05) is 65.9 Å². The van der Waals surface area contributed by atoms with Crippen molar-refractivity contribution in [3.05, 3.63) is 79.3 Å². The number of piperazine rings is 1. The molecule has 0 amide bonds. The molecule has 2 aliphatic heterocycles. The van der Waals surface area contributed by atoms with Gasteiger partial charge in [-0.3, -0.25) is 4.98 Å². The summed E-state index contributed by atoms with van der Waals surface area (Å²) in [5.41, 5.74) is 2.77. The minimum Gasteiger partial charge on any atom is -0.366 e. The van der Waals surface area contributed by atoms with Gasteiger partial charge in [0.25, 0.3) is 10.0 Å². The van der Waals surface area contributed by atoms with Crippen molar-refractivity contribution in [1.29, 1.82) is 0 Å². The first-order valence-electron chi connectivity index (χ1n) is 11.9. The monoisotopic (exact) mass is 497 g/mol. The molecule has 0 saturated carbocycles. The van der Waals surface area contributed by atoms with Crippen LogP contribution >= 0.6 is 0 Å². The van der Waals surface area contributed by atoms with Gasteiger partial charge in [0.15, 0.2) is 5.65 Å². The van der Waals surface area contributed by atoms with Crippen molar-refractivity contribution < 1.29 is 8.42 Å². The van der Waals surface area contributed by atoms with Crippen LogP contribution in [0.1, 0.15) is 6.42 Å². The van der Waals surface area contributed by atoms with Gasteiger partial charge < -0.3 is 15.5 Å². The summed E-state index contributed by atoms with van der Waals surface area (Å²) in [5, 5.41) is 8.13. The second-order valence-corrected chi connectivity index (χ2v) is 11.0. The predicted molar refractivity (Wildman–Crippen MR) is 139 cm³/mol. The summed E-state index contributed by atoms with van der Waals surface area (Å²) in [6, 6.07) is 19.8. The molecule has 2 aliphatic rings. The van der Waals surface area contributed by atoms with Gasteiger partial charge in [-0.05, 0) is 48.9 Å². The van der Waals surface area contributed by atoms with E-state index >= 15 is 0 Å². The van der Waals surface area contributed by atoms with Gasteiger partial charge in [-0.1, -0.05) is 18.2 Å². The molecule has 180 valence electrons. The number of benzene rings is 2. The molecule has 2 aromatic carbocycles. The third kappa shape index (κ3) is 3.41. The van der Waals surface area contributed by atoms with E-state index in [1.165, 1.54) is 22.3 Å². The Kier molecular flexibility index (Phi) is 4.73. The first-order valence-corrected chi connectivity index (χ1v) is 13.3. The Labute approximate surface area is 207 Å². The molecule has 3 aromatic heterocycles. The minimum atomic E-state index is -3.93. The lowest BCUT2D eigenvalue weighted by Gasteiger charge is -2.29. The number of aromatic nitrogens is 4. The van der Waals surface area contributed by atoms with E-state index in [9.17, 15) is 8.42 Å². The van der Waals surface area contributed by atoms with Gasteiger partial charge in [0.2, 0.25) is 5.95 Å². The molecular formula is C26H23N7O2S. The van der Waals surface area contributed by atoms with Gasteiger partial charge in [0.1, 0.15) is 4.90 Å². The lowest BCUT2D eigenvalue weighted by molar-refractivity contribution is 0.580. The molecular weight excluding hydrogens is 474 g/mol. The van der Waals surface area contributed by atoms with Crippen LogP contribution in [0.3, 0.4) is 0 Å². The quantitative estimate of drug-likeness (QED) is 0.380. The van der Waals surface area contributed by atoms with Crippen molar-refractivity contribution >= 4 is 49.3 Å². The van der Waals surface area contributed by atoms with Crippen LogP contribution in [0.2, 0.25) is 0 Å². The van der Waals surface area contributed by atoms with Crippen molar-refractivity contribution in [2.75, 3.05) is 23.3 Å². The Balaban J connectivity index is 1.20. The molecule has 2 bridgehead atoms. The highest BCUT2D eigenvalue weighted by Gasteiger charge is 2.37. The molecule has 5 heterocycles. The Morgan fingerprint density at radius 1 is 0.972 bits per heavy atom. The molecule has 0 aliphatic carbocycles. The minimum absolute atomic E-state index is 0.132. The Morgan fingerprint density at radius 3 is 2.64 bits per heavy atom. The van der Waals surface area contributed by atoms with Crippen LogP contribution in [0.5, 0.6) is 0 Å². The zero-order valence-corrected chi connectivity index (χ0v) is 20.1. The summed E-state index contributed by atoms with van der Waals surface area (Å²) >= 11 is 0. The molecule has 2 fully saturated rings. The fourth-order valence-electron chi connectivity index (χ4n) is 5.28. The van der Waals surface area contributed by atoms with Gasteiger partial charge in [0.05, 0.1) is 5.52 Å². The van der Waals surface area contributed by atoms with E-state index in [4.69, 9.17) is 0 Å². The van der Waals surface area contributed by atoms with Gasteiger partial charge in [-0.2, -0.15) is 4.98 Å². The van der Waals surface area contributed by atoms with Crippen LogP contribution in [-0.4, -0.2) is 52.5 Å². The molecule has 9 nitrogen and oxygen atoms in total. The summed E-state index contributed by atoms with van der Waals surface area (Å²) in [5.74, 6) is 0.325. The molecule has 10 heteroatoms. The number of rotatable bonds is 5. The molecule has 2 N–H and O–H groups in total. The van der Waals surface area contributed by atoms with Crippen LogP contribution in [0.4, 0.5) is 17.3 Å². The van der Waals surface area contributed by atoms with Crippen molar-refractivity contribution in [3.63, 3.8) is 0 Å². The van der Waals surface area contributed by atoms with E-state index < -0.39 is 10.0 Å². The van der Waals surface area contributed by atoms with Crippen LogP contribution < -0.4 is 15.5 Å². The van der Waals surface area contributed by atoms with E-state index in [1.54, 1.807) is 36.7 Å². The van der Waals surface area contributed by atoms with Crippen molar-refractivity contribution in [2.24, 2.45) is 0 Å². The number of fused-ring (bicyclic) bond motifs is 4. The van der Waals surface area contributed by atoms with Gasteiger partial charge in [-0.15, -0.1) is 0 Å². The lowest BCUT2D eigenvalue weighted by atomic mass is 10.2. The largest absolute Gasteiger partial charge is 0.366 e. The van der Waals surface area contributed by atoms with Crippen molar-refractivity contribution in [3.8, 4) is 0 Å². The zero-order valence-electron chi connectivity index (χ0n) is 19.2. The molecule has 2 saturated heterocycles. The Hall–Kier alpha value is -4.02. The Morgan fingerprint density at radius 2 is 1.83 bits per heavy atom. The van der Waals surface area contributed by atoms with E-state index in [-0.39, 0.29) is 4.90 Å². The number of hydrogen-bond acceptors (Lipinski definition) is 8. The second kappa shape index (κ2) is 8.00. The normalized spacial score (nSPS) is 19.4. The first kappa shape index (κ1) is 21.3. The number of nitrogens with zero attached hydrogens (tertiary/aromatic N) is 5. The Bertz CT molecular complexity index is 1710. The highest BCUT2D eigenvalue weighted by molar-refractivity contribution is 7.90. The maximum Gasteiger partial charge on any atom is 0.271 e. The third-order valence-electron chi connectivity index (χ3n) is 7.04. The fourth-order valence-corrected chi connectivity index (χ4v) is 6.75. The number of pyridine rings is 1. The number of nitrogens with one attached hydrogen (secondary N) is 2. The highest BCUT2D eigenvalue weighted by atomic mass is 32.2. The summed E-state index contributed by atoms with van der Waals surface area (Å²) in [6.07, 6.45) is 5.93. The summed E-state index contributed by atoms with van der Waals surface area (Å²) < 4.78 is 28.5. The molecule has 5 aromatic rings. The molecule has 0 spiro atoms. The highest BCUT2D eigenvalue weighted by Crippen LogP contribution is 2.31.